The quantitative estimate of drug-likeness (QED) is 0.881. The Bertz CT molecular complexity index is 695. The number of aryl methyl sites for hydroxylation is 1. The van der Waals surface area contributed by atoms with Crippen LogP contribution in [0.1, 0.15) is 31.0 Å². The van der Waals surface area contributed by atoms with Crippen LogP contribution in [0.25, 0.3) is 0 Å². The average molecular weight is 311 g/mol. The minimum absolute atomic E-state index is 0.137. The van der Waals surface area contributed by atoms with Crippen LogP contribution in [0, 0.1) is 0 Å². The van der Waals surface area contributed by atoms with Crippen molar-refractivity contribution >= 4 is 11.6 Å². The number of benzene rings is 1. The molecule has 1 aromatic heterocycles. The second-order valence-corrected chi connectivity index (χ2v) is 4.89. The minimum atomic E-state index is -4.42. The van der Waals surface area contributed by atoms with Crippen molar-refractivity contribution < 1.29 is 13.2 Å². The van der Waals surface area contributed by atoms with Gasteiger partial charge < -0.3 is 5.32 Å². The minimum Gasteiger partial charge on any atom is -0.326 e. The third kappa shape index (κ3) is 4.34. The molecule has 0 radical (unpaired) electrons. The van der Waals surface area contributed by atoms with Gasteiger partial charge in [-0.05, 0) is 31.0 Å². The van der Waals surface area contributed by atoms with Crippen molar-refractivity contribution in [3.63, 3.8) is 0 Å². The van der Waals surface area contributed by atoms with Crippen LogP contribution in [0.3, 0.4) is 0 Å². The van der Waals surface area contributed by atoms with E-state index in [9.17, 15) is 18.0 Å². The third-order valence-electron chi connectivity index (χ3n) is 3.03. The number of aromatic amines is 1. The molecule has 0 saturated carbocycles. The summed E-state index contributed by atoms with van der Waals surface area (Å²) in [4.78, 5) is 18.3. The van der Waals surface area contributed by atoms with Gasteiger partial charge in [0.15, 0.2) is 0 Å². The highest BCUT2D eigenvalue weighted by atomic mass is 19.4. The van der Waals surface area contributed by atoms with Crippen molar-refractivity contribution in [2.45, 2.75) is 32.4 Å². The molecule has 0 atom stereocenters. The van der Waals surface area contributed by atoms with Crippen LogP contribution < -0.4 is 10.9 Å². The normalized spacial score (nSPS) is 11.5. The summed E-state index contributed by atoms with van der Waals surface area (Å²) in [6, 6.07) is 6.13. The van der Waals surface area contributed by atoms with Gasteiger partial charge in [0.25, 0.3) is 5.56 Å². The van der Waals surface area contributed by atoms with E-state index in [2.05, 4.69) is 15.3 Å². The number of H-pyrrole nitrogens is 1. The molecule has 4 nitrogen and oxygen atoms in total. The zero-order valence-corrected chi connectivity index (χ0v) is 12.0. The van der Waals surface area contributed by atoms with Crippen molar-refractivity contribution in [3.05, 3.63) is 51.9 Å². The molecule has 22 heavy (non-hydrogen) atoms. The van der Waals surface area contributed by atoms with Gasteiger partial charge in [-0.15, -0.1) is 0 Å². The lowest BCUT2D eigenvalue weighted by molar-refractivity contribution is -0.137. The van der Waals surface area contributed by atoms with Crippen LogP contribution in [0.4, 0.5) is 24.8 Å². The highest BCUT2D eigenvalue weighted by molar-refractivity contribution is 5.54. The topological polar surface area (TPSA) is 57.8 Å². The van der Waals surface area contributed by atoms with Crippen LogP contribution in [0.2, 0.25) is 0 Å². The molecule has 2 rings (SSSR count). The first-order valence-electron chi connectivity index (χ1n) is 6.93. The number of hydrogen-bond acceptors (Lipinski definition) is 3. The second-order valence-electron chi connectivity index (χ2n) is 4.89. The van der Waals surface area contributed by atoms with E-state index in [1.165, 1.54) is 18.2 Å². The number of rotatable bonds is 5. The van der Waals surface area contributed by atoms with Gasteiger partial charge in [-0.25, -0.2) is 4.98 Å². The van der Waals surface area contributed by atoms with E-state index in [-0.39, 0.29) is 17.2 Å². The van der Waals surface area contributed by atoms with Crippen molar-refractivity contribution in [2.75, 3.05) is 5.32 Å². The van der Waals surface area contributed by atoms with Gasteiger partial charge in [-0.3, -0.25) is 9.78 Å². The van der Waals surface area contributed by atoms with Crippen molar-refractivity contribution in [2.24, 2.45) is 0 Å². The van der Waals surface area contributed by atoms with Crippen LogP contribution in [-0.4, -0.2) is 9.97 Å². The van der Waals surface area contributed by atoms with E-state index >= 15 is 0 Å². The molecule has 2 aromatic rings. The number of halogens is 3. The molecule has 118 valence electrons. The Hall–Kier alpha value is -2.31. The molecule has 0 spiro atoms. The van der Waals surface area contributed by atoms with Gasteiger partial charge in [-0.2, -0.15) is 13.2 Å². The molecule has 2 N–H and O–H groups in total. The average Bonchev–Trinajstić information content (AvgIpc) is 2.44. The first-order valence-corrected chi connectivity index (χ1v) is 6.93. The first-order chi connectivity index (χ1) is 10.4. The van der Waals surface area contributed by atoms with Gasteiger partial charge in [0, 0.05) is 17.4 Å². The fraction of sp³-hybridized carbons (Fsp3) is 0.333. The Morgan fingerprint density at radius 1 is 1.27 bits per heavy atom. The van der Waals surface area contributed by atoms with Gasteiger partial charge in [-0.1, -0.05) is 19.4 Å². The molecule has 7 heteroatoms. The Kier molecular flexibility index (Phi) is 4.85. The monoisotopic (exact) mass is 311 g/mol. The Balaban J connectivity index is 2.23. The maximum Gasteiger partial charge on any atom is 0.416 e. The number of alkyl halides is 3. The summed E-state index contributed by atoms with van der Waals surface area (Å²) in [6.45, 7) is 2.02. The van der Waals surface area contributed by atoms with Crippen molar-refractivity contribution in [1.82, 2.24) is 9.97 Å². The molecule has 0 aliphatic rings. The summed E-state index contributed by atoms with van der Waals surface area (Å²) >= 11 is 0. The van der Waals surface area contributed by atoms with Crippen molar-refractivity contribution in [3.8, 4) is 0 Å². The summed E-state index contributed by atoms with van der Waals surface area (Å²) in [5.41, 5.74) is -0.275. The van der Waals surface area contributed by atoms with E-state index < -0.39 is 11.7 Å². The lowest BCUT2D eigenvalue weighted by atomic mass is 10.2. The highest BCUT2D eigenvalue weighted by Gasteiger charge is 2.30. The van der Waals surface area contributed by atoms with E-state index in [0.717, 1.165) is 25.0 Å². The van der Waals surface area contributed by atoms with Crippen molar-refractivity contribution in [1.29, 1.82) is 0 Å². The number of hydrogen-bond donors (Lipinski definition) is 2. The maximum absolute atomic E-state index is 12.7. The molecule has 0 saturated heterocycles. The number of nitrogens with zero attached hydrogens (tertiary/aromatic N) is 1. The summed E-state index contributed by atoms with van der Waals surface area (Å²) in [5, 5.41) is 2.71. The molecule has 0 aliphatic heterocycles. The number of aromatic nitrogens is 2. The molecular formula is C15H16F3N3O. The molecule has 1 aromatic carbocycles. The smallest absolute Gasteiger partial charge is 0.326 e. The third-order valence-corrected chi connectivity index (χ3v) is 3.03. The van der Waals surface area contributed by atoms with E-state index in [1.807, 2.05) is 6.92 Å². The number of nitrogens with one attached hydrogen (secondary N) is 2. The standard InChI is InChI=1S/C15H16F3N3O/c1-2-3-6-12-9-13(22)21-14(20-12)19-11-7-4-5-10(8-11)15(16,17)18/h4-5,7-9H,2-3,6H2,1H3,(H2,19,20,21,22). The fourth-order valence-corrected chi connectivity index (χ4v) is 1.96. The lowest BCUT2D eigenvalue weighted by Gasteiger charge is -2.10. The highest BCUT2D eigenvalue weighted by Crippen LogP contribution is 2.31. The Morgan fingerprint density at radius 2 is 2.05 bits per heavy atom. The largest absolute Gasteiger partial charge is 0.416 e. The molecule has 0 bridgehead atoms. The van der Waals surface area contributed by atoms with Crippen LogP contribution in [-0.2, 0) is 12.6 Å². The number of unbranched alkanes of at least 4 members (excludes halogenated alkanes) is 1. The van der Waals surface area contributed by atoms with E-state index in [0.29, 0.717) is 12.1 Å². The van der Waals surface area contributed by atoms with Gasteiger partial charge in [0.2, 0.25) is 5.95 Å². The summed E-state index contributed by atoms with van der Waals surface area (Å²) in [5.74, 6) is 0.137. The zero-order chi connectivity index (χ0) is 16.2. The maximum atomic E-state index is 12.7. The first kappa shape index (κ1) is 16.1. The Labute approximate surface area is 125 Å². The van der Waals surface area contributed by atoms with Gasteiger partial charge in [0.1, 0.15) is 0 Å². The van der Waals surface area contributed by atoms with Gasteiger partial charge in [0.05, 0.1) is 5.56 Å². The van der Waals surface area contributed by atoms with E-state index in [1.54, 1.807) is 0 Å². The summed E-state index contributed by atoms with van der Waals surface area (Å²) in [7, 11) is 0. The predicted molar refractivity (Wildman–Crippen MR) is 78.2 cm³/mol. The zero-order valence-electron chi connectivity index (χ0n) is 12.0. The van der Waals surface area contributed by atoms with Crippen LogP contribution in [0.5, 0.6) is 0 Å². The molecule has 1 heterocycles. The summed E-state index contributed by atoms with van der Waals surface area (Å²) < 4.78 is 38.0. The lowest BCUT2D eigenvalue weighted by Crippen LogP contribution is -2.12. The molecule has 0 amide bonds. The second kappa shape index (κ2) is 6.64. The van der Waals surface area contributed by atoms with Crippen LogP contribution >= 0.6 is 0 Å². The SMILES string of the molecule is CCCCc1cc(=O)[nH]c(Nc2cccc(C(F)(F)F)c2)n1. The fourth-order valence-electron chi connectivity index (χ4n) is 1.96. The molecule has 0 fully saturated rings. The molecular weight excluding hydrogens is 295 g/mol. The summed E-state index contributed by atoms with van der Waals surface area (Å²) in [6.07, 6.45) is -1.91. The number of anilines is 2. The molecule has 0 aliphatic carbocycles. The molecule has 0 unspecified atom stereocenters. The predicted octanol–water partition coefficient (Wildman–Crippen LogP) is 3.87. The Morgan fingerprint density at radius 3 is 2.73 bits per heavy atom. The van der Waals surface area contributed by atoms with E-state index in [4.69, 9.17) is 0 Å². The van der Waals surface area contributed by atoms with Crippen LogP contribution in [0.15, 0.2) is 35.1 Å². The van der Waals surface area contributed by atoms with Gasteiger partial charge >= 0.3 is 6.18 Å².